The van der Waals surface area contributed by atoms with Crippen molar-refractivity contribution in [3.05, 3.63) is 94.1 Å². The first-order valence-corrected chi connectivity index (χ1v) is 10.0. The van der Waals surface area contributed by atoms with Crippen molar-refractivity contribution in [1.29, 1.82) is 0 Å². The fourth-order valence-electron chi connectivity index (χ4n) is 2.72. The maximum absolute atomic E-state index is 12.6. The van der Waals surface area contributed by atoms with Crippen LogP contribution in [0.5, 0.6) is 5.75 Å². The molecule has 0 unspecified atom stereocenters. The highest BCUT2D eigenvalue weighted by Gasteiger charge is 2.18. The molecule has 3 aromatic carbocycles. The normalized spacial score (nSPS) is 11.5. The molecule has 0 N–H and O–H groups in total. The van der Waals surface area contributed by atoms with Crippen molar-refractivity contribution >= 4 is 32.7 Å². The summed E-state index contributed by atoms with van der Waals surface area (Å²) in [5.74, 6) is 0.416. The SMILES string of the molecule is O=c1cc(-c2cccc(S(=O)(=O)Oc3ccc(Cl)cc3)c2)oc2ccccc12. The lowest BCUT2D eigenvalue weighted by atomic mass is 10.1. The van der Waals surface area contributed by atoms with Gasteiger partial charge in [0.25, 0.3) is 0 Å². The number of hydrogen-bond acceptors (Lipinski definition) is 5. The molecule has 0 atom stereocenters. The maximum atomic E-state index is 12.6. The average Bonchev–Trinajstić information content (AvgIpc) is 2.70. The monoisotopic (exact) mass is 412 g/mol. The molecule has 5 nitrogen and oxygen atoms in total. The van der Waals surface area contributed by atoms with E-state index in [1.165, 1.54) is 42.5 Å². The Morgan fingerprint density at radius 1 is 0.857 bits per heavy atom. The fraction of sp³-hybridized carbons (Fsp3) is 0. The lowest BCUT2D eigenvalue weighted by Gasteiger charge is -2.09. The van der Waals surface area contributed by atoms with E-state index in [-0.39, 0.29) is 21.8 Å². The predicted octanol–water partition coefficient (Wildman–Crippen LogP) is 4.88. The fourth-order valence-corrected chi connectivity index (χ4v) is 3.82. The van der Waals surface area contributed by atoms with Crippen molar-refractivity contribution in [3.8, 4) is 17.1 Å². The van der Waals surface area contributed by atoms with Crippen LogP contribution in [-0.2, 0) is 10.1 Å². The van der Waals surface area contributed by atoms with Crippen LogP contribution in [0, 0.1) is 0 Å². The molecule has 0 aliphatic heterocycles. The van der Waals surface area contributed by atoms with Crippen molar-refractivity contribution in [3.63, 3.8) is 0 Å². The molecule has 28 heavy (non-hydrogen) atoms. The summed E-state index contributed by atoms with van der Waals surface area (Å²) in [7, 11) is -4.07. The zero-order valence-corrected chi connectivity index (χ0v) is 15.9. The van der Waals surface area contributed by atoms with Gasteiger partial charge in [-0.25, -0.2) is 0 Å². The highest BCUT2D eigenvalue weighted by molar-refractivity contribution is 7.87. The minimum Gasteiger partial charge on any atom is -0.456 e. The van der Waals surface area contributed by atoms with Gasteiger partial charge in [-0.3, -0.25) is 4.79 Å². The second-order valence-corrected chi connectivity index (χ2v) is 7.97. The Morgan fingerprint density at radius 3 is 2.39 bits per heavy atom. The summed E-state index contributed by atoms with van der Waals surface area (Å²) in [5, 5.41) is 0.930. The first kappa shape index (κ1) is 18.3. The zero-order chi connectivity index (χ0) is 19.7. The first-order chi connectivity index (χ1) is 13.4. The molecule has 0 radical (unpaired) electrons. The third-order valence-electron chi connectivity index (χ3n) is 4.06. The molecular formula is C21H13ClO5S. The van der Waals surface area contributed by atoms with Crippen LogP contribution in [0.15, 0.2) is 93.0 Å². The number of hydrogen-bond donors (Lipinski definition) is 0. The van der Waals surface area contributed by atoms with Crippen LogP contribution in [0.1, 0.15) is 0 Å². The molecule has 1 aromatic heterocycles. The summed E-state index contributed by atoms with van der Waals surface area (Å²) in [6, 6.07) is 20.2. The summed E-state index contributed by atoms with van der Waals surface area (Å²) < 4.78 is 36.1. The van der Waals surface area contributed by atoms with Crippen LogP contribution in [-0.4, -0.2) is 8.42 Å². The summed E-state index contributed by atoms with van der Waals surface area (Å²) in [5.41, 5.74) is 0.668. The van der Waals surface area contributed by atoms with E-state index < -0.39 is 10.1 Å². The highest BCUT2D eigenvalue weighted by Crippen LogP contribution is 2.26. The molecule has 0 aliphatic rings. The molecule has 0 aliphatic carbocycles. The number of fused-ring (bicyclic) bond motifs is 1. The molecule has 0 saturated carbocycles. The number of rotatable bonds is 4. The highest BCUT2D eigenvalue weighted by atomic mass is 35.5. The van der Waals surface area contributed by atoms with E-state index in [4.69, 9.17) is 20.2 Å². The van der Waals surface area contributed by atoms with Gasteiger partial charge in [-0.1, -0.05) is 35.9 Å². The lowest BCUT2D eigenvalue weighted by Crippen LogP contribution is -2.09. The maximum Gasteiger partial charge on any atom is 0.339 e. The standard InChI is InChI=1S/C21H13ClO5S/c22-15-8-10-16(11-9-15)27-28(24,25)17-5-3-4-14(12-17)21-13-19(23)18-6-1-2-7-20(18)26-21/h1-13H. The molecular weight excluding hydrogens is 400 g/mol. The Labute approximate surface area is 165 Å². The van der Waals surface area contributed by atoms with Crippen molar-refractivity contribution in [2.75, 3.05) is 0 Å². The van der Waals surface area contributed by atoms with E-state index in [9.17, 15) is 13.2 Å². The Balaban J connectivity index is 1.73. The van der Waals surface area contributed by atoms with E-state index in [1.54, 1.807) is 36.4 Å². The third kappa shape index (κ3) is 3.65. The average molecular weight is 413 g/mol. The summed E-state index contributed by atoms with van der Waals surface area (Å²) >= 11 is 5.80. The van der Waals surface area contributed by atoms with Crippen molar-refractivity contribution in [1.82, 2.24) is 0 Å². The van der Waals surface area contributed by atoms with E-state index in [0.717, 1.165) is 0 Å². The Morgan fingerprint density at radius 2 is 1.61 bits per heavy atom. The molecule has 1 heterocycles. The topological polar surface area (TPSA) is 73.6 Å². The quantitative estimate of drug-likeness (QED) is 0.446. The van der Waals surface area contributed by atoms with Crippen LogP contribution in [0.4, 0.5) is 0 Å². The molecule has 0 saturated heterocycles. The van der Waals surface area contributed by atoms with Gasteiger partial charge in [0.1, 0.15) is 22.0 Å². The largest absolute Gasteiger partial charge is 0.456 e. The number of para-hydroxylation sites is 1. The molecule has 140 valence electrons. The van der Waals surface area contributed by atoms with Gasteiger partial charge in [-0.05, 0) is 48.5 Å². The van der Waals surface area contributed by atoms with E-state index >= 15 is 0 Å². The molecule has 7 heteroatoms. The van der Waals surface area contributed by atoms with Crippen LogP contribution in [0.25, 0.3) is 22.3 Å². The van der Waals surface area contributed by atoms with Crippen LogP contribution in [0.2, 0.25) is 5.02 Å². The van der Waals surface area contributed by atoms with Gasteiger partial charge in [0.05, 0.1) is 5.39 Å². The molecule has 0 amide bonds. The molecule has 4 rings (SSSR count). The van der Waals surface area contributed by atoms with Crippen molar-refractivity contribution < 1.29 is 17.0 Å². The second-order valence-electron chi connectivity index (χ2n) is 5.99. The number of halogens is 1. The van der Waals surface area contributed by atoms with Crippen LogP contribution >= 0.6 is 11.6 Å². The van der Waals surface area contributed by atoms with Crippen molar-refractivity contribution in [2.24, 2.45) is 0 Å². The van der Waals surface area contributed by atoms with E-state index in [1.807, 2.05) is 0 Å². The van der Waals surface area contributed by atoms with Gasteiger partial charge in [0.2, 0.25) is 0 Å². The summed E-state index contributed by atoms with van der Waals surface area (Å²) in [6.45, 7) is 0. The Bertz CT molecular complexity index is 1330. The minimum absolute atomic E-state index is 0.0595. The second kappa shape index (κ2) is 7.14. The van der Waals surface area contributed by atoms with Gasteiger partial charge in [-0.15, -0.1) is 0 Å². The third-order valence-corrected chi connectivity index (χ3v) is 5.56. The zero-order valence-electron chi connectivity index (χ0n) is 14.3. The molecule has 0 fully saturated rings. The van der Waals surface area contributed by atoms with E-state index in [2.05, 4.69) is 0 Å². The summed E-state index contributed by atoms with van der Waals surface area (Å²) in [4.78, 5) is 12.3. The Hall–Kier alpha value is -3.09. The Kier molecular flexibility index (Phi) is 4.66. The molecule has 0 bridgehead atoms. The minimum atomic E-state index is -4.07. The van der Waals surface area contributed by atoms with Crippen molar-refractivity contribution in [2.45, 2.75) is 4.90 Å². The lowest BCUT2D eigenvalue weighted by molar-refractivity contribution is 0.486. The smallest absolute Gasteiger partial charge is 0.339 e. The van der Waals surface area contributed by atoms with Crippen LogP contribution < -0.4 is 9.61 Å². The molecule has 0 spiro atoms. The predicted molar refractivity (Wildman–Crippen MR) is 107 cm³/mol. The van der Waals surface area contributed by atoms with Gasteiger partial charge >= 0.3 is 10.1 Å². The van der Waals surface area contributed by atoms with E-state index in [0.29, 0.717) is 21.6 Å². The van der Waals surface area contributed by atoms with Gasteiger partial charge in [0, 0.05) is 16.7 Å². The van der Waals surface area contributed by atoms with Gasteiger partial charge < -0.3 is 8.60 Å². The number of benzene rings is 3. The summed E-state index contributed by atoms with van der Waals surface area (Å²) in [6.07, 6.45) is 0. The van der Waals surface area contributed by atoms with Gasteiger partial charge in [-0.2, -0.15) is 8.42 Å². The van der Waals surface area contributed by atoms with Crippen LogP contribution in [0.3, 0.4) is 0 Å². The first-order valence-electron chi connectivity index (χ1n) is 8.26. The van der Waals surface area contributed by atoms with Gasteiger partial charge in [0.15, 0.2) is 5.43 Å². The molecule has 4 aromatic rings.